The lowest BCUT2D eigenvalue weighted by molar-refractivity contribution is 0.0195. The van der Waals surface area contributed by atoms with Crippen molar-refractivity contribution in [3.8, 4) is 11.5 Å². The zero-order valence-electron chi connectivity index (χ0n) is 17.4. The highest BCUT2D eigenvalue weighted by atomic mass is 16.5. The van der Waals surface area contributed by atoms with Crippen molar-refractivity contribution in [2.45, 2.75) is 32.9 Å². The number of ether oxygens (including phenoxy) is 3. The van der Waals surface area contributed by atoms with Gasteiger partial charge in [-0.3, -0.25) is 4.90 Å². The monoisotopic (exact) mass is 390 g/mol. The fraction of sp³-hybridized carbons (Fsp3) is 0.667. The van der Waals surface area contributed by atoms with Crippen molar-refractivity contribution in [3.05, 3.63) is 23.8 Å². The molecule has 0 aromatic heterocycles. The van der Waals surface area contributed by atoms with E-state index in [1.54, 1.807) is 7.11 Å². The normalized spacial score (nSPS) is 21.0. The highest BCUT2D eigenvalue weighted by Gasteiger charge is 2.30. The summed E-state index contributed by atoms with van der Waals surface area (Å²) in [4.78, 5) is 9.84. The number of rotatable bonds is 7. The number of morpholine rings is 1. The Morgan fingerprint density at radius 3 is 2.75 bits per heavy atom. The van der Waals surface area contributed by atoms with E-state index in [9.17, 15) is 0 Å². The molecule has 2 fully saturated rings. The van der Waals surface area contributed by atoms with Gasteiger partial charge in [0.1, 0.15) is 0 Å². The molecule has 1 N–H and O–H groups in total. The van der Waals surface area contributed by atoms with Crippen LogP contribution in [-0.4, -0.2) is 81.5 Å². The van der Waals surface area contributed by atoms with Gasteiger partial charge in [0.15, 0.2) is 17.5 Å². The number of methoxy groups -OCH3 is 1. The molecule has 0 amide bonds. The van der Waals surface area contributed by atoms with E-state index in [1.807, 2.05) is 19.1 Å². The largest absolute Gasteiger partial charge is 0.493 e. The van der Waals surface area contributed by atoms with E-state index in [0.29, 0.717) is 19.2 Å². The number of guanidine groups is 1. The summed E-state index contributed by atoms with van der Waals surface area (Å²) in [7, 11) is 1.66. The van der Waals surface area contributed by atoms with Crippen LogP contribution in [0.25, 0.3) is 0 Å². The van der Waals surface area contributed by atoms with Gasteiger partial charge in [-0.25, -0.2) is 4.99 Å². The van der Waals surface area contributed by atoms with Crippen LogP contribution in [0.15, 0.2) is 23.2 Å². The molecule has 0 spiro atoms. The number of benzene rings is 1. The third-order valence-corrected chi connectivity index (χ3v) is 5.30. The maximum absolute atomic E-state index is 5.69. The predicted octanol–water partition coefficient (Wildman–Crippen LogP) is 1.97. The standard InChI is InChI=1S/C21H34N4O3/c1-4-22-21(25-9-8-18(16-25)24-10-12-27-13-11-24)23-15-17-6-7-19(26-3)20(14-17)28-5-2/h6-7,14,18H,4-5,8-13,15-16H2,1-3H3,(H,22,23). The van der Waals surface area contributed by atoms with Gasteiger partial charge in [-0.15, -0.1) is 0 Å². The van der Waals surface area contributed by atoms with Gasteiger partial charge in [0.05, 0.1) is 33.5 Å². The predicted molar refractivity (Wildman–Crippen MR) is 111 cm³/mol. The number of hydrogen-bond acceptors (Lipinski definition) is 5. The van der Waals surface area contributed by atoms with Gasteiger partial charge in [-0.2, -0.15) is 0 Å². The molecule has 1 atom stereocenters. The average Bonchev–Trinajstić information content (AvgIpc) is 3.22. The Balaban J connectivity index is 1.65. The number of nitrogens with zero attached hydrogens (tertiary/aromatic N) is 3. The van der Waals surface area contributed by atoms with Crippen LogP contribution in [0, 0.1) is 0 Å². The number of nitrogens with one attached hydrogen (secondary N) is 1. The zero-order chi connectivity index (χ0) is 19.8. The molecule has 7 nitrogen and oxygen atoms in total. The Labute approximate surface area is 168 Å². The SMILES string of the molecule is CCNC(=NCc1ccc(OC)c(OCC)c1)N1CCC(N2CCOCC2)C1. The highest BCUT2D eigenvalue weighted by molar-refractivity contribution is 5.80. The molecule has 0 bridgehead atoms. The molecule has 28 heavy (non-hydrogen) atoms. The summed E-state index contributed by atoms with van der Waals surface area (Å²) in [6, 6.07) is 6.62. The van der Waals surface area contributed by atoms with Crippen LogP contribution in [0.5, 0.6) is 11.5 Å². The first-order valence-electron chi connectivity index (χ1n) is 10.4. The molecule has 1 aromatic carbocycles. The summed E-state index contributed by atoms with van der Waals surface area (Å²) in [5.41, 5.74) is 1.11. The first-order valence-corrected chi connectivity index (χ1v) is 10.4. The van der Waals surface area contributed by atoms with Crippen LogP contribution in [0.4, 0.5) is 0 Å². The molecule has 2 saturated heterocycles. The topological polar surface area (TPSA) is 58.6 Å². The summed E-state index contributed by atoms with van der Waals surface area (Å²) in [6.07, 6.45) is 1.18. The summed E-state index contributed by atoms with van der Waals surface area (Å²) in [5.74, 6) is 2.53. The minimum Gasteiger partial charge on any atom is -0.493 e. The number of hydrogen-bond donors (Lipinski definition) is 1. The van der Waals surface area contributed by atoms with Gasteiger partial charge in [0.25, 0.3) is 0 Å². The molecule has 0 aliphatic carbocycles. The Kier molecular flexibility index (Phi) is 7.80. The minimum absolute atomic E-state index is 0.596. The van der Waals surface area contributed by atoms with E-state index in [1.165, 1.54) is 6.42 Å². The van der Waals surface area contributed by atoms with Crippen molar-refractivity contribution in [2.24, 2.45) is 4.99 Å². The van der Waals surface area contributed by atoms with Gasteiger partial charge in [0, 0.05) is 38.8 Å². The zero-order valence-corrected chi connectivity index (χ0v) is 17.4. The lowest BCUT2D eigenvalue weighted by Crippen LogP contribution is -2.46. The van der Waals surface area contributed by atoms with Gasteiger partial charge in [-0.05, 0) is 38.0 Å². The van der Waals surface area contributed by atoms with E-state index in [4.69, 9.17) is 19.2 Å². The molecule has 1 aromatic rings. The van der Waals surface area contributed by atoms with Gasteiger partial charge >= 0.3 is 0 Å². The first kappa shape index (κ1) is 20.7. The van der Waals surface area contributed by atoms with E-state index in [0.717, 1.165) is 69.0 Å². The molecule has 0 radical (unpaired) electrons. The van der Waals surface area contributed by atoms with E-state index < -0.39 is 0 Å². The van der Waals surface area contributed by atoms with Gasteiger partial charge in [-0.1, -0.05) is 6.07 Å². The number of likely N-dealkylation sites (tertiary alicyclic amines) is 1. The minimum atomic E-state index is 0.596. The smallest absolute Gasteiger partial charge is 0.194 e. The fourth-order valence-corrected chi connectivity index (χ4v) is 3.85. The second kappa shape index (κ2) is 10.5. The van der Waals surface area contributed by atoms with E-state index in [-0.39, 0.29) is 0 Å². The maximum Gasteiger partial charge on any atom is 0.194 e. The van der Waals surface area contributed by atoms with E-state index >= 15 is 0 Å². The third-order valence-electron chi connectivity index (χ3n) is 5.30. The van der Waals surface area contributed by atoms with Crippen LogP contribution >= 0.6 is 0 Å². The van der Waals surface area contributed by atoms with Crippen molar-refractivity contribution in [2.75, 3.05) is 59.7 Å². The second-order valence-corrected chi connectivity index (χ2v) is 7.13. The van der Waals surface area contributed by atoms with Crippen LogP contribution in [-0.2, 0) is 11.3 Å². The van der Waals surface area contributed by atoms with Gasteiger partial charge in [0.2, 0.25) is 0 Å². The van der Waals surface area contributed by atoms with Crippen molar-refractivity contribution in [1.29, 1.82) is 0 Å². The van der Waals surface area contributed by atoms with Crippen LogP contribution in [0.1, 0.15) is 25.8 Å². The highest BCUT2D eigenvalue weighted by Crippen LogP contribution is 2.28. The van der Waals surface area contributed by atoms with E-state index in [2.05, 4.69) is 28.1 Å². The molecule has 2 aliphatic heterocycles. The van der Waals surface area contributed by atoms with Crippen molar-refractivity contribution in [1.82, 2.24) is 15.1 Å². The van der Waals surface area contributed by atoms with Crippen LogP contribution in [0.2, 0.25) is 0 Å². The van der Waals surface area contributed by atoms with Crippen molar-refractivity contribution < 1.29 is 14.2 Å². The molecule has 7 heteroatoms. The molecule has 2 aliphatic rings. The lowest BCUT2D eigenvalue weighted by Gasteiger charge is -2.32. The average molecular weight is 391 g/mol. The van der Waals surface area contributed by atoms with Crippen LogP contribution in [0.3, 0.4) is 0 Å². The molecule has 1 unspecified atom stereocenters. The Morgan fingerprint density at radius 1 is 1.21 bits per heavy atom. The molecular weight excluding hydrogens is 356 g/mol. The molecule has 0 saturated carbocycles. The maximum atomic E-state index is 5.69. The Morgan fingerprint density at radius 2 is 2.04 bits per heavy atom. The number of aliphatic imine (C=N–C) groups is 1. The summed E-state index contributed by atoms with van der Waals surface area (Å²) < 4.78 is 16.6. The second-order valence-electron chi connectivity index (χ2n) is 7.13. The summed E-state index contributed by atoms with van der Waals surface area (Å²) in [6.45, 7) is 12.0. The van der Waals surface area contributed by atoms with Gasteiger partial charge < -0.3 is 24.4 Å². The van der Waals surface area contributed by atoms with Crippen molar-refractivity contribution in [3.63, 3.8) is 0 Å². The van der Waals surface area contributed by atoms with Crippen LogP contribution < -0.4 is 14.8 Å². The lowest BCUT2D eigenvalue weighted by atomic mass is 10.2. The quantitative estimate of drug-likeness (QED) is 0.567. The molecule has 3 rings (SSSR count). The summed E-state index contributed by atoms with van der Waals surface area (Å²) in [5, 5.41) is 3.46. The van der Waals surface area contributed by atoms with Crippen molar-refractivity contribution >= 4 is 5.96 Å². The molecular formula is C21H34N4O3. The fourth-order valence-electron chi connectivity index (χ4n) is 3.85. The molecule has 156 valence electrons. The summed E-state index contributed by atoms with van der Waals surface area (Å²) >= 11 is 0. The Hall–Kier alpha value is -1.99. The Bertz CT molecular complexity index is 647. The third kappa shape index (κ3) is 5.29. The first-order chi connectivity index (χ1) is 13.7. The molecule has 2 heterocycles.